The van der Waals surface area contributed by atoms with E-state index in [2.05, 4.69) is 10.6 Å². The molecule has 0 spiro atoms. The van der Waals surface area contributed by atoms with Crippen LogP contribution in [-0.4, -0.2) is 11.0 Å². The third-order valence-electron chi connectivity index (χ3n) is 2.59. The van der Waals surface area contributed by atoms with E-state index in [4.69, 9.17) is 0 Å². The molecule has 0 radical (unpaired) electrons. The van der Waals surface area contributed by atoms with Crippen molar-refractivity contribution in [3.05, 3.63) is 54.1 Å². The summed E-state index contributed by atoms with van der Waals surface area (Å²) in [4.78, 5) is 11.0. The normalized spacial score (nSPS) is 9.95. The number of benzene rings is 2. The van der Waals surface area contributed by atoms with Gasteiger partial charge >= 0.3 is 0 Å². The number of amides is 1. The lowest BCUT2D eigenvalue weighted by Gasteiger charge is -2.09. The van der Waals surface area contributed by atoms with Crippen LogP contribution in [0.2, 0.25) is 0 Å². The molecule has 0 bridgehead atoms. The average molecular weight is 256 g/mol. The molecular weight excluding hydrogens is 240 g/mol. The van der Waals surface area contributed by atoms with Gasteiger partial charge in [0.05, 0.1) is 0 Å². The highest BCUT2D eigenvalue weighted by Gasteiger charge is 1.98. The smallest absolute Gasteiger partial charge is 0.221 e. The second-order valence-corrected chi connectivity index (χ2v) is 4.29. The molecule has 0 aliphatic rings. The second-order valence-electron chi connectivity index (χ2n) is 4.29. The number of carbonyl (C=O) groups is 1. The summed E-state index contributed by atoms with van der Waals surface area (Å²) < 4.78 is 0. The molecule has 3 N–H and O–H groups in total. The van der Waals surface area contributed by atoms with E-state index in [9.17, 15) is 9.90 Å². The highest BCUT2D eigenvalue weighted by molar-refractivity contribution is 5.89. The van der Waals surface area contributed by atoms with Crippen molar-refractivity contribution in [3.8, 4) is 5.75 Å². The van der Waals surface area contributed by atoms with Gasteiger partial charge in [-0.25, -0.2) is 0 Å². The Balaban J connectivity index is 2.01. The Morgan fingerprint density at radius 3 is 2.58 bits per heavy atom. The molecular formula is C15H16N2O2. The lowest BCUT2D eigenvalue weighted by Crippen LogP contribution is -2.06. The minimum absolute atomic E-state index is 0.0925. The van der Waals surface area contributed by atoms with Crippen LogP contribution in [0.5, 0.6) is 5.75 Å². The first kappa shape index (κ1) is 13.0. The Labute approximate surface area is 112 Å². The van der Waals surface area contributed by atoms with Gasteiger partial charge in [-0.15, -0.1) is 0 Å². The molecule has 2 aromatic rings. The number of nitrogens with one attached hydrogen (secondary N) is 2. The SMILES string of the molecule is CC(=O)Nc1cccc(NCc2cccc(O)c2)c1. The largest absolute Gasteiger partial charge is 0.508 e. The van der Waals surface area contributed by atoms with Crippen molar-refractivity contribution >= 4 is 17.3 Å². The van der Waals surface area contributed by atoms with Gasteiger partial charge in [0.25, 0.3) is 0 Å². The molecule has 0 saturated heterocycles. The third-order valence-corrected chi connectivity index (χ3v) is 2.59. The minimum Gasteiger partial charge on any atom is -0.508 e. The summed E-state index contributed by atoms with van der Waals surface area (Å²) in [6.07, 6.45) is 0. The van der Waals surface area contributed by atoms with Gasteiger partial charge in [0.15, 0.2) is 0 Å². The molecule has 2 rings (SSSR count). The molecule has 0 atom stereocenters. The lowest BCUT2D eigenvalue weighted by atomic mass is 10.2. The Bertz CT molecular complexity index is 582. The number of rotatable bonds is 4. The average Bonchev–Trinajstić information content (AvgIpc) is 2.36. The molecule has 0 aliphatic heterocycles. The van der Waals surface area contributed by atoms with Gasteiger partial charge < -0.3 is 15.7 Å². The van der Waals surface area contributed by atoms with Gasteiger partial charge in [0.2, 0.25) is 5.91 Å². The fourth-order valence-corrected chi connectivity index (χ4v) is 1.78. The van der Waals surface area contributed by atoms with Crippen LogP contribution in [0.15, 0.2) is 48.5 Å². The molecule has 2 aromatic carbocycles. The molecule has 4 nitrogen and oxygen atoms in total. The maximum absolute atomic E-state index is 11.0. The van der Waals surface area contributed by atoms with Crippen LogP contribution < -0.4 is 10.6 Å². The molecule has 0 fully saturated rings. The Morgan fingerprint density at radius 2 is 1.84 bits per heavy atom. The summed E-state index contributed by atoms with van der Waals surface area (Å²) in [7, 11) is 0. The van der Waals surface area contributed by atoms with Crippen LogP contribution in [0, 0.1) is 0 Å². The highest BCUT2D eigenvalue weighted by Crippen LogP contribution is 2.17. The van der Waals surface area contributed by atoms with Gasteiger partial charge in [-0.3, -0.25) is 4.79 Å². The van der Waals surface area contributed by atoms with Crippen LogP contribution in [0.1, 0.15) is 12.5 Å². The van der Waals surface area contributed by atoms with Gasteiger partial charge in [-0.2, -0.15) is 0 Å². The Morgan fingerprint density at radius 1 is 1.11 bits per heavy atom. The number of phenols is 1. The first-order valence-corrected chi connectivity index (χ1v) is 6.03. The van der Waals surface area contributed by atoms with E-state index >= 15 is 0 Å². The quantitative estimate of drug-likeness (QED) is 0.788. The molecule has 1 amide bonds. The van der Waals surface area contributed by atoms with E-state index in [0.717, 1.165) is 16.9 Å². The molecule has 0 heterocycles. The van der Waals surface area contributed by atoms with Crippen molar-refractivity contribution in [2.24, 2.45) is 0 Å². The Kier molecular flexibility index (Phi) is 4.03. The summed E-state index contributed by atoms with van der Waals surface area (Å²) in [5.41, 5.74) is 2.66. The first-order chi connectivity index (χ1) is 9.13. The predicted molar refractivity (Wildman–Crippen MR) is 76.2 cm³/mol. The second kappa shape index (κ2) is 5.91. The van der Waals surface area contributed by atoms with E-state index in [0.29, 0.717) is 6.54 Å². The summed E-state index contributed by atoms with van der Waals surface area (Å²) in [6.45, 7) is 2.09. The van der Waals surface area contributed by atoms with Crippen molar-refractivity contribution in [1.29, 1.82) is 0 Å². The van der Waals surface area contributed by atoms with E-state index in [1.165, 1.54) is 6.92 Å². The number of aromatic hydroxyl groups is 1. The number of phenolic OH excluding ortho intramolecular Hbond substituents is 1. The van der Waals surface area contributed by atoms with Crippen LogP contribution in [0.4, 0.5) is 11.4 Å². The molecule has 19 heavy (non-hydrogen) atoms. The fraction of sp³-hybridized carbons (Fsp3) is 0.133. The zero-order chi connectivity index (χ0) is 13.7. The molecule has 4 heteroatoms. The van der Waals surface area contributed by atoms with Crippen molar-refractivity contribution in [1.82, 2.24) is 0 Å². The summed E-state index contributed by atoms with van der Waals surface area (Å²) in [6, 6.07) is 14.6. The monoisotopic (exact) mass is 256 g/mol. The molecule has 0 unspecified atom stereocenters. The van der Waals surface area contributed by atoms with Crippen LogP contribution >= 0.6 is 0 Å². The third kappa shape index (κ3) is 4.03. The lowest BCUT2D eigenvalue weighted by molar-refractivity contribution is -0.114. The molecule has 0 saturated carbocycles. The van der Waals surface area contributed by atoms with E-state index in [1.54, 1.807) is 18.2 Å². The van der Waals surface area contributed by atoms with Gasteiger partial charge in [0.1, 0.15) is 5.75 Å². The van der Waals surface area contributed by atoms with Crippen molar-refractivity contribution in [2.45, 2.75) is 13.5 Å². The maximum atomic E-state index is 11.0. The van der Waals surface area contributed by atoms with E-state index in [-0.39, 0.29) is 11.7 Å². The summed E-state index contributed by atoms with van der Waals surface area (Å²) in [5.74, 6) is 0.163. The van der Waals surface area contributed by atoms with E-state index in [1.807, 2.05) is 30.3 Å². The maximum Gasteiger partial charge on any atom is 0.221 e. The minimum atomic E-state index is -0.0925. The van der Waals surface area contributed by atoms with Gasteiger partial charge in [0, 0.05) is 24.8 Å². The van der Waals surface area contributed by atoms with Crippen molar-refractivity contribution < 1.29 is 9.90 Å². The topological polar surface area (TPSA) is 61.4 Å². The van der Waals surface area contributed by atoms with Crippen LogP contribution in [-0.2, 0) is 11.3 Å². The molecule has 0 aromatic heterocycles. The number of anilines is 2. The molecule has 0 aliphatic carbocycles. The first-order valence-electron chi connectivity index (χ1n) is 6.03. The summed E-state index contributed by atoms with van der Waals surface area (Å²) in [5, 5.41) is 15.4. The summed E-state index contributed by atoms with van der Waals surface area (Å²) >= 11 is 0. The van der Waals surface area contributed by atoms with Crippen molar-refractivity contribution in [3.63, 3.8) is 0 Å². The zero-order valence-electron chi connectivity index (χ0n) is 10.7. The highest BCUT2D eigenvalue weighted by atomic mass is 16.3. The predicted octanol–water partition coefficient (Wildman–Crippen LogP) is 2.96. The zero-order valence-corrected chi connectivity index (χ0v) is 10.7. The number of hydrogen-bond donors (Lipinski definition) is 3. The Hall–Kier alpha value is -2.49. The standard InChI is InChI=1S/C15H16N2O2/c1-11(18)17-14-6-3-5-13(9-14)16-10-12-4-2-7-15(19)8-12/h2-9,16,19H,10H2,1H3,(H,17,18). The van der Waals surface area contributed by atoms with Gasteiger partial charge in [-0.05, 0) is 35.9 Å². The van der Waals surface area contributed by atoms with Gasteiger partial charge in [-0.1, -0.05) is 18.2 Å². The van der Waals surface area contributed by atoms with E-state index < -0.39 is 0 Å². The number of hydrogen-bond acceptors (Lipinski definition) is 3. The van der Waals surface area contributed by atoms with Crippen LogP contribution in [0.25, 0.3) is 0 Å². The molecule has 98 valence electrons. The van der Waals surface area contributed by atoms with Crippen LogP contribution in [0.3, 0.4) is 0 Å². The van der Waals surface area contributed by atoms with Crippen molar-refractivity contribution in [2.75, 3.05) is 10.6 Å². The fourth-order valence-electron chi connectivity index (χ4n) is 1.78. The number of carbonyl (C=O) groups excluding carboxylic acids is 1.